The summed E-state index contributed by atoms with van der Waals surface area (Å²) < 4.78 is 11.9. The van der Waals surface area contributed by atoms with Gasteiger partial charge in [-0.25, -0.2) is 4.98 Å². The molecule has 9 heteroatoms. The zero-order chi connectivity index (χ0) is 18.7. The number of anilines is 1. The lowest BCUT2D eigenvalue weighted by atomic mass is 10.2. The number of amides is 1. The van der Waals surface area contributed by atoms with E-state index >= 15 is 0 Å². The largest absolute Gasteiger partial charge is 0.497 e. The minimum atomic E-state index is -0.206. The van der Waals surface area contributed by atoms with Crippen molar-refractivity contribution in [2.24, 2.45) is 7.05 Å². The first kappa shape index (κ1) is 18.7. The molecule has 0 fully saturated rings. The third-order valence-corrected chi connectivity index (χ3v) is 6.02. The molecule has 0 bridgehead atoms. The van der Waals surface area contributed by atoms with Gasteiger partial charge in [-0.3, -0.25) is 14.2 Å². The third-order valence-electron chi connectivity index (χ3n) is 3.88. The van der Waals surface area contributed by atoms with Crippen LogP contribution in [0, 0.1) is 0 Å². The molecule has 2 aromatic rings. The first-order chi connectivity index (χ1) is 12.5. The Morgan fingerprint density at radius 1 is 1.38 bits per heavy atom. The quantitative estimate of drug-likeness (QED) is 0.595. The summed E-state index contributed by atoms with van der Waals surface area (Å²) in [4.78, 5) is 29.9. The molecule has 1 aromatic heterocycles. The van der Waals surface area contributed by atoms with Gasteiger partial charge >= 0.3 is 0 Å². The number of aryl methyl sites for hydroxylation is 1. The van der Waals surface area contributed by atoms with Crippen molar-refractivity contribution >= 4 is 35.1 Å². The van der Waals surface area contributed by atoms with Gasteiger partial charge < -0.3 is 14.8 Å². The van der Waals surface area contributed by atoms with Crippen LogP contribution in [0.25, 0.3) is 0 Å². The van der Waals surface area contributed by atoms with Crippen LogP contribution >= 0.6 is 23.5 Å². The van der Waals surface area contributed by atoms with E-state index in [0.29, 0.717) is 22.3 Å². The molecule has 1 N–H and O–H groups in total. The van der Waals surface area contributed by atoms with E-state index < -0.39 is 0 Å². The Labute approximate surface area is 159 Å². The number of ether oxygens (including phenoxy) is 2. The molecule has 0 saturated carbocycles. The molecule has 0 aliphatic carbocycles. The van der Waals surface area contributed by atoms with Crippen molar-refractivity contribution < 1.29 is 14.3 Å². The van der Waals surface area contributed by atoms with Gasteiger partial charge in [0, 0.05) is 25.3 Å². The van der Waals surface area contributed by atoms with Gasteiger partial charge in [0.05, 0.1) is 36.2 Å². The minimum Gasteiger partial charge on any atom is -0.497 e. The maximum atomic E-state index is 12.3. The Morgan fingerprint density at radius 3 is 2.92 bits per heavy atom. The van der Waals surface area contributed by atoms with Crippen molar-refractivity contribution in [2.45, 2.75) is 16.5 Å². The van der Waals surface area contributed by atoms with Gasteiger partial charge in [0.1, 0.15) is 11.5 Å². The molecule has 0 saturated heterocycles. The van der Waals surface area contributed by atoms with Gasteiger partial charge in [0.15, 0.2) is 5.16 Å². The second kappa shape index (κ2) is 8.05. The van der Waals surface area contributed by atoms with Crippen molar-refractivity contribution in [1.82, 2.24) is 9.55 Å². The second-order valence-corrected chi connectivity index (χ2v) is 7.58. The third kappa shape index (κ3) is 3.83. The summed E-state index contributed by atoms with van der Waals surface area (Å²) in [5, 5.41) is 3.36. The summed E-state index contributed by atoms with van der Waals surface area (Å²) in [5.41, 5.74) is 1.35. The summed E-state index contributed by atoms with van der Waals surface area (Å²) in [5.74, 6) is 1.97. The normalized spacial score (nSPS) is 12.6. The highest BCUT2D eigenvalue weighted by Gasteiger charge is 2.20. The number of nitrogens with one attached hydrogen (secondary N) is 1. The van der Waals surface area contributed by atoms with Crippen LogP contribution in [-0.2, 0) is 18.3 Å². The van der Waals surface area contributed by atoms with Crippen LogP contribution in [0.3, 0.4) is 0 Å². The van der Waals surface area contributed by atoms with E-state index in [0.717, 1.165) is 22.8 Å². The molecule has 1 aliphatic heterocycles. The van der Waals surface area contributed by atoms with Crippen LogP contribution in [0.2, 0.25) is 0 Å². The van der Waals surface area contributed by atoms with E-state index in [9.17, 15) is 9.59 Å². The van der Waals surface area contributed by atoms with E-state index in [2.05, 4.69) is 10.3 Å². The molecule has 7 nitrogen and oxygen atoms in total. The van der Waals surface area contributed by atoms with Crippen molar-refractivity contribution in [3.8, 4) is 11.5 Å². The average Bonchev–Trinajstić information content (AvgIpc) is 3.12. The van der Waals surface area contributed by atoms with Gasteiger partial charge in [-0.15, -0.1) is 11.8 Å². The van der Waals surface area contributed by atoms with Gasteiger partial charge in [0.2, 0.25) is 5.91 Å². The molecule has 138 valence electrons. The van der Waals surface area contributed by atoms with Gasteiger partial charge in [-0.05, 0) is 12.1 Å². The van der Waals surface area contributed by atoms with Gasteiger partial charge in [0.25, 0.3) is 5.56 Å². The van der Waals surface area contributed by atoms with E-state index in [4.69, 9.17) is 9.47 Å². The van der Waals surface area contributed by atoms with E-state index in [1.165, 1.54) is 23.4 Å². The number of thioether (sulfide) groups is 2. The highest BCUT2D eigenvalue weighted by Crippen LogP contribution is 2.30. The molecule has 1 aliphatic rings. The number of fused-ring (bicyclic) bond motifs is 1. The molecule has 1 aromatic carbocycles. The Hall–Kier alpha value is -2.13. The van der Waals surface area contributed by atoms with Crippen LogP contribution in [-0.4, -0.2) is 41.2 Å². The van der Waals surface area contributed by atoms with Crippen molar-refractivity contribution in [3.63, 3.8) is 0 Å². The first-order valence-electron chi connectivity index (χ1n) is 7.91. The molecule has 3 rings (SSSR count). The first-order valence-corrected chi connectivity index (χ1v) is 9.88. The fourth-order valence-corrected chi connectivity index (χ4v) is 4.37. The Kier molecular flexibility index (Phi) is 5.77. The highest BCUT2D eigenvalue weighted by atomic mass is 32.2. The monoisotopic (exact) mass is 393 g/mol. The zero-order valence-electron chi connectivity index (χ0n) is 14.7. The smallest absolute Gasteiger partial charge is 0.267 e. The molecule has 1 amide bonds. The highest BCUT2D eigenvalue weighted by molar-refractivity contribution is 8.00. The molecule has 2 heterocycles. The number of hydrogen-bond donors (Lipinski definition) is 1. The maximum Gasteiger partial charge on any atom is 0.267 e. The Morgan fingerprint density at radius 2 is 2.19 bits per heavy atom. The summed E-state index contributed by atoms with van der Waals surface area (Å²) in [6.07, 6.45) is 0.791. The lowest BCUT2D eigenvalue weighted by molar-refractivity contribution is -0.113. The molecule has 0 radical (unpaired) electrons. The predicted molar refractivity (Wildman–Crippen MR) is 103 cm³/mol. The maximum absolute atomic E-state index is 12.3. The number of carbonyl (C=O) groups is 1. The summed E-state index contributed by atoms with van der Waals surface area (Å²) in [6, 6.07) is 5.17. The van der Waals surface area contributed by atoms with E-state index in [-0.39, 0.29) is 17.2 Å². The average molecular weight is 393 g/mol. The van der Waals surface area contributed by atoms with Crippen LogP contribution in [0.5, 0.6) is 11.5 Å². The number of carbonyl (C=O) groups excluding carboxylic acids is 1. The Bertz CT molecular complexity index is 898. The minimum absolute atomic E-state index is 0.0442. The van der Waals surface area contributed by atoms with Crippen molar-refractivity contribution in [3.05, 3.63) is 34.2 Å². The second-order valence-electron chi connectivity index (χ2n) is 5.54. The van der Waals surface area contributed by atoms with Crippen LogP contribution in [0.4, 0.5) is 5.69 Å². The zero-order valence-corrected chi connectivity index (χ0v) is 16.3. The molecule has 0 unspecified atom stereocenters. The van der Waals surface area contributed by atoms with Crippen molar-refractivity contribution in [1.29, 1.82) is 0 Å². The lowest BCUT2D eigenvalue weighted by Crippen LogP contribution is -2.23. The lowest BCUT2D eigenvalue weighted by Gasteiger charge is -2.12. The number of methoxy groups -OCH3 is 2. The predicted octanol–water partition coefficient (Wildman–Crippen LogP) is 2.18. The molecular weight excluding hydrogens is 374 g/mol. The molecular formula is C17H19N3O4S2. The molecule has 0 spiro atoms. The topological polar surface area (TPSA) is 82.5 Å². The number of aromatic nitrogens is 2. The van der Waals surface area contributed by atoms with Crippen molar-refractivity contribution in [2.75, 3.05) is 31.0 Å². The Balaban J connectivity index is 1.69. The SMILES string of the molecule is COc1ccc(NC(=O)CSc2nc3c(c(=O)n2C)SCC3)c(OC)c1. The summed E-state index contributed by atoms with van der Waals surface area (Å²) in [7, 11) is 4.78. The number of nitrogens with zero attached hydrogens (tertiary/aromatic N) is 2. The summed E-state index contributed by atoms with van der Waals surface area (Å²) in [6.45, 7) is 0. The van der Waals surface area contributed by atoms with Gasteiger partial charge in [-0.2, -0.15) is 0 Å². The van der Waals surface area contributed by atoms with Gasteiger partial charge in [-0.1, -0.05) is 11.8 Å². The van der Waals surface area contributed by atoms with Crippen LogP contribution < -0.4 is 20.3 Å². The van der Waals surface area contributed by atoms with E-state index in [1.54, 1.807) is 44.1 Å². The van der Waals surface area contributed by atoms with Crippen LogP contribution in [0.15, 0.2) is 33.0 Å². The number of hydrogen-bond acceptors (Lipinski definition) is 7. The summed E-state index contributed by atoms with van der Waals surface area (Å²) >= 11 is 2.78. The number of rotatable bonds is 6. The number of benzene rings is 1. The van der Waals surface area contributed by atoms with E-state index in [1.807, 2.05) is 0 Å². The fraction of sp³-hybridized carbons (Fsp3) is 0.353. The van der Waals surface area contributed by atoms with Crippen LogP contribution in [0.1, 0.15) is 5.69 Å². The fourth-order valence-electron chi connectivity index (χ4n) is 2.52. The molecule has 26 heavy (non-hydrogen) atoms. The molecule has 0 atom stereocenters. The standard InChI is InChI=1S/C17H19N3O4S2/c1-20-16(22)15-12(6-7-25-15)19-17(20)26-9-14(21)18-11-5-4-10(23-2)8-13(11)24-3/h4-5,8H,6-7,9H2,1-3H3,(H,18,21).